The van der Waals surface area contributed by atoms with Crippen molar-refractivity contribution in [1.29, 1.82) is 0 Å². The highest BCUT2D eigenvalue weighted by Gasteiger charge is 2.25. The van der Waals surface area contributed by atoms with Crippen LogP contribution in [0, 0.1) is 5.92 Å². The molecule has 0 aromatic heterocycles. The van der Waals surface area contributed by atoms with Gasteiger partial charge in [0, 0.05) is 5.92 Å². The summed E-state index contributed by atoms with van der Waals surface area (Å²) in [4.78, 5) is 11.1. The number of hydrogen-bond acceptors (Lipinski definition) is 2. The molecule has 1 aromatic rings. The lowest BCUT2D eigenvalue weighted by Gasteiger charge is -2.26. The molecule has 2 unspecified atom stereocenters. The van der Waals surface area contributed by atoms with Crippen molar-refractivity contribution in [2.75, 3.05) is 0 Å². The molecule has 1 amide bonds. The average Bonchev–Trinajstić information content (AvgIpc) is 2.33. The Bertz CT molecular complexity index is 489. The van der Waals surface area contributed by atoms with Crippen molar-refractivity contribution in [2.45, 2.75) is 32.3 Å². The van der Waals surface area contributed by atoms with Crippen LogP contribution in [-0.4, -0.2) is 12.2 Å². The van der Waals surface area contributed by atoms with Crippen molar-refractivity contribution in [3.63, 3.8) is 0 Å². The summed E-state index contributed by atoms with van der Waals surface area (Å²) < 4.78 is 5.23. The number of amides is 1. The largest absolute Gasteiger partial charge is 0.445 e. The van der Waals surface area contributed by atoms with Gasteiger partial charge in [0.2, 0.25) is 0 Å². The van der Waals surface area contributed by atoms with E-state index in [2.05, 4.69) is 6.58 Å². The summed E-state index contributed by atoms with van der Waals surface area (Å²) in [7, 11) is 0. The van der Waals surface area contributed by atoms with Crippen LogP contribution in [0.3, 0.4) is 0 Å². The SMILES string of the molecule is C=CC(c1ccc(Cl)c(Cl)c1)C(CC(C)C)OC(N)=O. The topological polar surface area (TPSA) is 52.3 Å². The molecule has 1 rings (SSSR count). The molecule has 5 heteroatoms. The predicted molar refractivity (Wildman–Crippen MR) is 83.3 cm³/mol. The number of hydrogen-bond donors (Lipinski definition) is 1. The molecule has 2 atom stereocenters. The number of carbonyl (C=O) groups excluding carboxylic acids is 1. The lowest BCUT2D eigenvalue weighted by Crippen LogP contribution is -2.29. The molecule has 110 valence electrons. The van der Waals surface area contributed by atoms with Crippen LogP contribution in [0.4, 0.5) is 4.79 Å². The van der Waals surface area contributed by atoms with Crippen molar-refractivity contribution in [3.8, 4) is 0 Å². The van der Waals surface area contributed by atoms with Crippen molar-refractivity contribution in [2.24, 2.45) is 11.7 Å². The van der Waals surface area contributed by atoms with Crippen LogP contribution in [0.5, 0.6) is 0 Å². The van der Waals surface area contributed by atoms with Gasteiger partial charge in [-0.15, -0.1) is 6.58 Å². The second-order valence-corrected chi connectivity index (χ2v) is 5.85. The highest BCUT2D eigenvalue weighted by Crippen LogP contribution is 2.32. The Morgan fingerprint density at radius 1 is 1.40 bits per heavy atom. The average molecular weight is 316 g/mol. The van der Waals surface area contributed by atoms with Gasteiger partial charge in [0.15, 0.2) is 0 Å². The van der Waals surface area contributed by atoms with Crippen LogP contribution < -0.4 is 5.73 Å². The van der Waals surface area contributed by atoms with Gasteiger partial charge in [0.05, 0.1) is 10.0 Å². The summed E-state index contributed by atoms with van der Waals surface area (Å²) in [6.07, 6.45) is 1.25. The molecule has 0 fully saturated rings. The number of benzene rings is 1. The standard InChI is InChI=1S/C15H19Cl2NO2/c1-4-11(10-5-6-12(16)13(17)8-10)14(7-9(2)3)20-15(18)19/h4-6,8-9,11,14H,1,7H2,2-3H3,(H2,18,19). The zero-order valence-electron chi connectivity index (χ0n) is 11.6. The maximum atomic E-state index is 11.1. The zero-order chi connectivity index (χ0) is 15.3. The van der Waals surface area contributed by atoms with E-state index in [-0.39, 0.29) is 12.0 Å². The maximum absolute atomic E-state index is 11.1. The fourth-order valence-corrected chi connectivity index (χ4v) is 2.41. The van der Waals surface area contributed by atoms with Crippen molar-refractivity contribution >= 4 is 29.3 Å². The quantitative estimate of drug-likeness (QED) is 0.768. The normalized spacial score (nSPS) is 13.8. The highest BCUT2D eigenvalue weighted by molar-refractivity contribution is 6.42. The van der Waals surface area contributed by atoms with E-state index in [1.165, 1.54) is 0 Å². The fourth-order valence-electron chi connectivity index (χ4n) is 2.10. The Kier molecular flexibility index (Phi) is 6.37. The number of halogens is 2. The van der Waals surface area contributed by atoms with E-state index in [0.29, 0.717) is 22.4 Å². The fraction of sp³-hybridized carbons (Fsp3) is 0.400. The third-order valence-electron chi connectivity index (χ3n) is 2.95. The van der Waals surface area contributed by atoms with Gasteiger partial charge >= 0.3 is 6.09 Å². The molecule has 20 heavy (non-hydrogen) atoms. The number of primary amides is 1. The third kappa shape index (κ3) is 4.73. The van der Waals surface area contributed by atoms with Gasteiger partial charge in [-0.1, -0.05) is 49.2 Å². The number of nitrogens with two attached hydrogens (primary N) is 1. The van der Waals surface area contributed by atoms with Gasteiger partial charge in [-0.2, -0.15) is 0 Å². The van der Waals surface area contributed by atoms with Crippen molar-refractivity contribution < 1.29 is 9.53 Å². The van der Waals surface area contributed by atoms with Crippen molar-refractivity contribution in [3.05, 3.63) is 46.5 Å². The number of carbonyl (C=O) groups is 1. The molecule has 0 saturated heterocycles. The van der Waals surface area contributed by atoms with Crippen LogP contribution >= 0.6 is 23.2 Å². The van der Waals surface area contributed by atoms with E-state index in [0.717, 1.165) is 5.56 Å². The Morgan fingerprint density at radius 2 is 2.05 bits per heavy atom. The smallest absolute Gasteiger partial charge is 0.404 e. The lowest BCUT2D eigenvalue weighted by molar-refractivity contribution is 0.0847. The minimum Gasteiger partial charge on any atom is -0.445 e. The summed E-state index contributed by atoms with van der Waals surface area (Å²) in [6.45, 7) is 7.91. The minimum atomic E-state index is -0.789. The predicted octanol–water partition coefficient (Wildman–Crippen LogP) is 4.77. The molecular weight excluding hydrogens is 297 g/mol. The Morgan fingerprint density at radius 3 is 2.50 bits per heavy atom. The van der Waals surface area contributed by atoms with E-state index < -0.39 is 6.09 Å². The van der Waals surface area contributed by atoms with E-state index in [1.54, 1.807) is 18.2 Å². The first-order chi connectivity index (χ1) is 9.35. The molecule has 2 N–H and O–H groups in total. The third-order valence-corrected chi connectivity index (χ3v) is 3.69. The van der Waals surface area contributed by atoms with E-state index in [4.69, 9.17) is 33.7 Å². The van der Waals surface area contributed by atoms with Crippen LogP contribution in [0.15, 0.2) is 30.9 Å². The van der Waals surface area contributed by atoms with Crippen LogP contribution in [0.2, 0.25) is 10.0 Å². The summed E-state index contributed by atoms with van der Waals surface area (Å²) in [5.41, 5.74) is 6.04. The molecule has 0 aliphatic heterocycles. The second-order valence-electron chi connectivity index (χ2n) is 5.04. The Balaban J connectivity index is 3.07. The Hall–Kier alpha value is -1.19. The van der Waals surface area contributed by atoms with E-state index in [9.17, 15) is 4.79 Å². The molecule has 0 aliphatic rings. The first kappa shape index (κ1) is 16.9. The van der Waals surface area contributed by atoms with Gasteiger partial charge < -0.3 is 10.5 Å². The second kappa shape index (κ2) is 7.55. The van der Waals surface area contributed by atoms with Crippen LogP contribution in [-0.2, 0) is 4.74 Å². The number of ether oxygens (including phenoxy) is 1. The first-order valence-corrected chi connectivity index (χ1v) is 7.14. The van der Waals surface area contributed by atoms with Gasteiger partial charge in [-0.05, 0) is 30.0 Å². The first-order valence-electron chi connectivity index (χ1n) is 6.38. The van der Waals surface area contributed by atoms with Gasteiger partial charge in [-0.3, -0.25) is 0 Å². The maximum Gasteiger partial charge on any atom is 0.404 e. The van der Waals surface area contributed by atoms with Gasteiger partial charge in [0.1, 0.15) is 6.10 Å². The minimum absolute atomic E-state index is 0.181. The summed E-state index contributed by atoms with van der Waals surface area (Å²) in [5, 5.41) is 0.938. The molecule has 0 spiro atoms. The molecule has 0 heterocycles. The lowest BCUT2D eigenvalue weighted by atomic mass is 9.88. The molecular formula is C15H19Cl2NO2. The van der Waals surface area contributed by atoms with Crippen LogP contribution in [0.25, 0.3) is 0 Å². The molecule has 1 aromatic carbocycles. The molecule has 3 nitrogen and oxygen atoms in total. The zero-order valence-corrected chi connectivity index (χ0v) is 13.1. The summed E-state index contributed by atoms with van der Waals surface area (Å²) >= 11 is 11.9. The monoisotopic (exact) mass is 315 g/mol. The molecule has 0 radical (unpaired) electrons. The van der Waals surface area contributed by atoms with Gasteiger partial charge in [-0.25, -0.2) is 4.79 Å². The summed E-state index contributed by atoms with van der Waals surface area (Å²) in [5.74, 6) is 0.171. The Labute approximate surface area is 129 Å². The van der Waals surface area contributed by atoms with E-state index >= 15 is 0 Å². The van der Waals surface area contributed by atoms with Crippen LogP contribution in [0.1, 0.15) is 31.7 Å². The molecule has 0 bridgehead atoms. The number of rotatable bonds is 6. The van der Waals surface area contributed by atoms with E-state index in [1.807, 2.05) is 19.9 Å². The van der Waals surface area contributed by atoms with Crippen molar-refractivity contribution in [1.82, 2.24) is 0 Å². The molecule has 0 saturated carbocycles. The highest BCUT2D eigenvalue weighted by atomic mass is 35.5. The van der Waals surface area contributed by atoms with Gasteiger partial charge in [0.25, 0.3) is 0 Å². The summed E-state index contributed by atoms with van der Waals surface area (Å²) in [6, 6.07) is 5.32. The molecule has 0 aliphatic carbocycles.